The number of hydrogen-bond acceptors (Lipinski definition) is 13. The molecule has 0 saturated carbocycles. The van der Waals surface area contributed by atoms with Crippen molar-refractivity contribution in [3.05, 3.63) is 24.6 Å². The number of nitrogen functional groups attached to an aromatic ring is 1. The summed E-state index contributed by atoms with van der Waals surface area (Å²) in [4.78, 5) is 22.8. The predicted octanol–water partition coefficient (Wildman–Crippen LogP) is 0.141. The molecule has 214 valence electrons. The van der Waals surface area contributed by atoms with Crippen molar-refractivity contribution >= 4 is 30.0 Å². The summed E-state index contributed by atoms with van der Waals surface area (Å²) in [6.45, 7) is 3.89. The average Bonchev–Trinajstić information content (AvgIpc) is 3.51. The fourth-order valence-electron chi connectivity index (χ4n) is 4.33. The van der Waals surface area contributed by atoms with E-state index in [4.69, 9.17) is 37.5 Å². The fraction of sp³-hybridized carbons (Fsp3) is 0.625. The lowest BCUT2D eigenvalue weighted by atomic mass is 9.41. The Morgan fingerprint density at radius 1 is 1.36 bits per heavy atom. The second kappa shape index (κ2) is 15.3. The number of aliphatic hydroxyl groups is 2. The molecule has 2 fully saturated rings. The highest BCUT2D eigenvalue weighted by molar-refractivity contribution is 6.67. The SMILES string of the molecule is CC(C)(O)O.CNC/C(N)=C/N(N)CC1CCC(n2cnc3c(N)ncnc32)O1.N#CB1CCCC(C=O)C1. The molecule has 4 heterocycles. The highest BCUT2D eigenvalue weighted by atomic mass is 16.5. The molecule has 0 amide bonds. The van der Waals surface area contributed by atoms with Gasteiger partial charge in [0.25, 0.3) is 6.71 Å². The largest absolute Gasteiger partial charge is 0.400 e. The number of nitrogens with one attached hydrogen (secondary N) is 1. The van der Waals surface area contributed by atoms with E-state index in [2.05, 4.69) is 26.2 Å². The molecule has 14 nitrogen and oxygen atoms in total. The first-order valence-corrected chi connectivity index (χ1v) is 12.9. The molecule has 4 rings (SSSR count). The van der Waals surface area contributed by atoms with Crippen LogP contribution in [0.4, 0.5) is 5.82 Å². The molecular weight excluding hydrogens is 503 g/mol. The summed E-state index contributed by atoms with van der Waals surface area (Å²) in [5.74, 6) is 7.21. The summed E-state index contributed by atoms with van der Waals surface area (Å²) >= 11 is 0. The zero-order valence-corrected chi connectivity index (χ0v) is 22.9. The Kier molecular flexibility index (Phi) is 12.6. The monoisotopic (exact) mass is 544 g/mol. The minimum absolute atomic E-state index is 0.00951. The summed E-state index contributed by atoms with van der Waals surface area (Å²) in [5.41, 5.74) is 13.6. The molecule has 0 aromatic carbocycles. The molecule has 3 atom stereocenters. The summed E-state index contributed by atoms with van der Waals surface area (Å²) < 4.78 is 7.97. The van der Waals surface area contributed by atoms with E-state index in [1.807, 2.05) is 11.6 Å². The standard InChI is InChI=1S/C14H23N9O.C7H10BNO.C3H8O2/c1-18-4-9(15)5-22(17)6-10-2-3-11(24-10)23-8-21-12-13(16)19-7-20-14(12)23;9-6-8-3-1-2-7(4-8)5-10;1-3(2,4)5/h5,7-8,10-11,18H,2-4,6,15,17H2,1H3,(H2,16,19,20);5,7H,1-4H2;4-5H,1-2H3/b9-5-;;. The van der Waals surface area contributed by atoms with Crippen molar-refractivity contribution in [2.24, 2.45) is 17.5 Å². The van der Waals surface area contributed by atoms with Crippen molar-refractivity contribution in [1.82, 2.24) is 29.8 Å². The van der Waals surface area contributed by atoms with Gasteiger partial charge in [-0.2, -0.15) is 0 Å². The van der Waals surface area contributed by atoms with Crippen LogP contribution in [0.2, 0.25) is 12.6 Å². The van der Waals surface area contributed by atoms with Crippen LogP contribution in [0.3, 0.4) is 0 Å². The first kappa shape index (κ1) is 31.9. The third-order valence-electron chi connectivity index (χ3n) is 6.00. The Morgan fingerprint density at radius 3 is 2.72 bits per heavy atom. The van der Waals surface area contributed by atoms with Gasteiger partial charge < -0.3 is 41.5 Å². The van der Waals surface area contributed by atoms with Crippen LogP contribution in [0.15, 0.2) is 24.6 Å². The number of aldehydes is 1. The predicted molar refractivity (Wildman–Crippen MR) is 148 cm³/mol. The van der Waals surface area contributed by atoms with Gasteiger partial charge in [-0.3, -0.25) is 4.57 Å². The number of anilines is 1. The van der Waals surface area contributed by atoms with Crippen LogP contribution < -0.4 is 22.6 Å². The van der Waals surface area contributed by atoms with Crippen LogP contribution in [-0.4, -0.2) is 79.8 Å². The number of imidazole rings is 1. The van der Waals surface area contributed by atoms with Crippen LogP contribution >= 0.6 is 0 Å². The van der Waals surface area contributed by atoms with Crippen LogP contribution in [-0.2, 0) is 9.53 Å². The maximum absolute atomic E-state index is 10.3. The number of carbonyl (C=O) groups excluding carboxylic acids is 1. The molecular formula is C24H41BN10O4. The van der Waals surface area contributed by atoms with Gasteiger partial charge in [0.1, 0.15) is 24.4 Å². The van der Waals surface area contributed by atoms with Gasteiger partial charge >= 0.3 is 0 Å². The zero-order chi connectivity index (χ0) is 29.0. The van der Waals surface area contributed by atoms with Crippen molar-refractivity contribution < 1.29 is 19.7 Å². The fourth-order valence-corrected chi connectivity index (χ4v) is 4.33. The Hall–Kier alpha value is -3.29. The van der Waals surface area contributed by atoms with Crippen LogP contribution in [0.1, 0.15) is 45.8 Å². The molecule has 0 bridgehead atoms. The summed E-state index contributed by atoms with van der Waals surface area (Å²) in [6, 6.07) is 0. The van der Waals surface area contributed by atoms with Crippen molar-refractivity contribution in [2.45, 2.75) is 70.3 Å². The minimum atomic E-state index is -1.50. The normalized spacial score (nSPS) is 21.3. The second-order valence-corrected chi connectivity index (χ2v) is 10.2. The average molecular weight is 544 g/mol. The Bertz CT molecular complexity index is 1110. The van der Waals surface area contributed by atoms with E-state index in [0.717, 1.165) is 44.6 Å². The Morgan fingerprint density at radius 2 is 2.08 bits per heavy atom. The zero-order valence-electron chi connectivity index (χ0n) is 22.9. The van der Waals surface area contributed by atoms with Crippen molar-refractivity contribution in [3.8, 4) is 5.97 Å². The maximum atomic E-state index is 10.3. The minimum Gasteiger partial charge on any atom is -0.400 e. The van der Waals surface area contributed by atoms with Crippen LogP contribution in [0.25, 0.3) is 11.2 Å². The smallest absolute Gasteiger partial charge is 0.268 e. The molecule has 2 aromatic heterocycles. The summed E-state index contributed by atoms with van der Waals surface area (Å²) in [5, 5.41) is 29.2. The van der Waals surface area contributed by atoms with Gasteiger partial charge in [-0.25, -0.2) is 26.1 Å². The molecule has 2 aromatic rings. The van der Waals surface area contributed by atoms with Gasteiger partial charge in [0.05, 0.1) is 19.0 Å². The lowest BCUT2D eigenvalue weighted by Gasteiger charge is -2.20. The molecule has 9 N–H and O–H groups in total. The molecule has 0 spiro atoms. The van der Waals surface area contributed by atoms with Gasteiger partial charge in [-0.05, 0) is 40.2 Å². The van der Waals surface area contributed by atoms with Crippen molar-refractivity contribution in [3.63, 3.8) is 0 Å². The van der Waals surface area contributed by atoms with E-state index < -0.39 is 5.79 Å². The lowest BCUT2D eigenvalue weighted by molar-refractivity contribution is -0.127. The molecule has 2 aliphatic rings. The van der Waals surface area contributed by atoms with Gasteiger partial charge in [-0.15, -0.1) is 0 Å². The molecule has 39 heavy (non-hydrogen) atoms. The van der Waals surface area contributed by atoms with E-state index in [9.17, 15) is 4.79 Å². The Labute approximate surface area is 229 Å². The number of hydrogen-bond donors (Lipinski definition) is 6. The molecule has 2 saturated heterocycles. The van der Waals surface area contributed by atoms with Gasteiger partial charge in [-0.1, -0.05) is 19.1 Å². The molecule has 3 unspecified atom stereocenters. The second-order valence-electron chi connectivity index (χ2n) is 10.2. The third kappa shape index (κ3) is 11.2. The number of fused-ring (bicyclic) bond motifs is 1. The molecule has 15 heteroatoms. The highest BCUT2D eigenvalue weighted by Gasteiger charge is 2.29. The van der Waals surface area contributed by atoms with Crippen molar-refractivity contribution in [2.75, 3.05) is 25.9 Å². The Balaban J connectivity index is 0.000000293. The lowest BCUT2D eigenvalue weighted by Crippen LogP contribution is -2.35. The molecule has 0 radical (unpaired) electrons. The number of nitrogens with zero attached hydrogens (tertiary/aromatic N) is 6. The van der Waals surface area contributed by atoms with E-state index in [-0.39, 0.29) is 25.0 Å². The molecule has 2 aliphatic heterocycles. The number of nitrogens with two attached hydrogens (primary N) is 3. The summed E-state index contributed by atoms with van der Waals surface area (Å²) in [7, 11) is 1.83. The first-order valence-electron chi connectivity index (χ1n) is 12.9. The number of aromatic nitrogens is 4. The quantitative estimate of drug-likeness (QED) is 0.0897. The third-order valence-corrected chi connectivity index (χ3v) is 6.00. The number of rotatable bonds is 7. The van der Waals surface area contributed by atoms with Crippen LogP contribution in [0.5, 0.6) is 0 Å². The molecule has 0 aliphatic carbocycles. The van der Waals surface area contributed by atoms with Gasteiger partial charge in [0, 0.05) is 30.3 Å². The van der Waals surface area contributed by atoms with E-state index in [1.54, 1.807) is 17.5 Å². The van der Waals surface area contributed by atoms with E-state index >= 15 is 0 Å². The topological polar surface area (TPSA) is 227 Å². The van der Waals surface area contributed by atoms with E-state index in [0.29, 0.717) is 35.8 Å². The van der Waals surface area contributed by atoms with E-state index in [1.165, 1.54) is 20.2 Å². The van der Waals surface area contributed by atoms with Crippen molar-refractivity contribution in [1.29, 1.82) is 5.26 Å². The van der Waals surface area contributed by atoms with Crippen LogP contribution in [0, 0.1) is 17.1 Å². The van der Waals surface area contributed by atoms with Gasteiger partial charge in [0.15, 0.2) is 17.3 Å². The number of likely N-dealkylation sites (N-methyl/N-ethyl adjacent to an activating group) is 1. The number of ether oxygens (including phenoxy) is 1. The first-order chi connectivity index (χ1) is 18.4. The highest BCUT2D eigenvalue weighted by Crippen LogP contribution is 2.31. The number of nitriles is 1. The summed E-state index contributed by atoms with van der Waals surface area (Å²) in [6.07, 6.45) is 11.2. The number of hydrazine groups is 1. The van der Waals surface area contributed by atoms with Gasteiger partial charge in [0.2, 0.25) is 0 Å². The number of carbonyl (C=O) groups is 1. The maximum Gasteiger partial charge on any atom is 0.268 e.